The van der Waals surface area contributed by atoms with Crippen molar-refractivity contribution in [2.75, 3.05) is 0 Å². The molecule has 0 N–H and O–H groups in total. The summed E-state index contributed by atoms with van der Waals surface area (Å²) in [4.78, 5) is 17.3. The van der Waals surface area contributed by atoms with Crippen molar-refractivity contribution in [2.24, 2.45) is 7.05 Å². The van der Waals surface area contributed by atoms with Gasteiger partial charge in [-0.2, -0.15) is 10.4 Å². The third-order valence-corrected chi connectivity index (χ3v) is 5.41. The quantitative estimate of drug-likeness (QED) is 0.494. The maximum absolute atomic E-state index is 12.8. The number of hydrogen-bond donors (Lipinski definition) is 0. The van der Waals surface area contributed by atoms with E-state index in [0.29, 0.717) is 16.4 Å². The van der Waals surface area contributed by atoms with E-state index >= 15 is 0 Å². The second-order valence-electron chi connectivity index (χ2n) is 6.58. The van der Waals surface area contributed by atoms with E-state index in [1.54, 1.807) is 12.1 Å². The Bertz CT molecular complexity index is 1300. The van der Waals surface area contributed by atoms with Crippen molar-refractivity contribution in [3.8, 4) is 6.07 Å². The van der Waals surface area contributed by atoms with E-state index in [1.807, 2.05) is 48.0 Å². The number of nitriles is 1. The Labute approximate surface area is 176 Å². The highest BCUT2D eigenvalue weighted by Crippen LogP contribution is 2.29. The Morgan fingerprint density at radius 1 is 1.14 bits per heavy atom. The molecular weight excluding hydrogens is 409 g/mol. The molecule has 0 saturated heterocycles. The van der Waals surface area contributed by atoms with Gasteiger partial charge in [-0.1, -0.05) is 47.5 Å². The molecular formula is C21H15Cl2N5O. The highest BCUT2D eigenvalue weighted by molar-refractivity contribution is 6.31. The number of aromatic nitrogens is 4. The molecule has 4 aromatic rings. The fourth-order valence-corrected chi connectivity index (χ4v) is 3.62. The van der Waals surface area contributed by atoms with Crippen LogP contribution in [0.2, 0.25) is 10.0 Å². The smallest absolute Gasteiger partial charge is 0.286 e. The molecule has 2 aromatic carbocycles. The molecule has 144 valence electrons. The van der Waals surface area contributed by atoms with Crippen molar-refractivity contribution >= 4 is 34.2 Å². The fourth-order valence-electron chi connectivity index (χ4n) is 3.24. The first-order chi connectivity index (χ1) is 14.0. The van der Waals surface area contributed by atoms with Gasteiger partial charge in [-0.15, -0.1) is 0 Å². The van der Waals surface area contributed by atoms with E-state index in [2.05, 4.69) is 16.2 Å². The van der Waals surface area contributed by atoms with E-state index in [9.17, 15) is 10.1 Å². The van der Waals surface area contributed by atoms with Gasteiger partial charge in [0.05, 0.1) is 29.8 Å². The molecule has 0 amide bonds. The van der Waals surface area contributed by atoms with E-state index in [-0.39, 0.29) is 11.6 Å². The topological polar surface area (TPSA) is 76.5 Å². The van der Waals surface area contributed by atoms with Gasteiger partial charge in [0.2, 0.25) is 0 Å². The van der Waals surface area contributed by atoms with Crippen molar-refractivity contribution in [3.63, 3.8) is 0 Å². The normalized spacial score (nSPS) is 12.1. The monoisotopic (exact) mass is 423 g/mol. The highest BCUT2D eigenvalue weighted by atomic mass is 35.5. The van der Waals surface area contributed by atoms with Crippen LogP contribution in [0.4, 0.5) is 0 Å². The van der Waals surface area contributed by atoms with Crippen LogP contribution in [-0.4, -0.2) is 19.3 Å². The Morgan fingerprint density at radius 3 is 2.55 bits per heavy atom. The summed E-state index contributed by atoms with van der Waals surface area (Å²) in [7, 11) is 1.83. The van der Waals surface area contributed by atoms with Crippen molar-refractivity contribution in [1.82, 2.24) is 19.3 Å². The van der Waals surface area contributed by atoms with E-state index in [1.165, 1.54) is 10.9 Å². The van der Waals surface area contributed by atoms with Crippen LogP contribution < -0.4 is 5.56 Å². The van der Waals surface area contributed by atoms with E-state index < -0.39 is 11.5 Å². The third-order valence-electron chi connectivity index (χ3n) is 4.78. The summed E-state index contributed by atoms with van der Waals surface area (Å²) in [5.74, 6) is -0.308. The Kier molecular flexibility index (Phi) is 5.10. The molecule has 0 aliphatic heterocycles. The number of benzene rings is 2. The first-order valence-corrected chi connectivity index (χ1v) is 9.56. The van der Waals surface area contributed by atoms with Crippen molar-refractivity contribution < 1.29 is 0 Å². The summed E-state index contributed by atoms with van der Waals surface area (Å²) in [5, 5.41) is 14.6. The summed E-state index contributed by atoms with van der Waals surface area (Å²) >= 11 is 12.3. The van der Waals surface area contributed by atoms with Gasteiger partial charge in [0.1, 0.15) is 16.8 Å². The van der Waals surface area contributed by atoms with Gasteiger partial charge in [-0.25, -0.2) is 9.67 Å². The molecule has 0 spiro atoms. The summed E-state index contributed by atoms with van der Waals surface area (Å²) in [6, 6.07) is 16.9. The molecule has 1 atom stereocenters. The zero-order valence-electron chi connectivity index (χ0n) is 15.4. The summed E-state index contributed by atoms with van der Waals surface area (Å²) in [5.41, 5.74) is 2.40. The van der Waals surface area contributed by atoms with Crippen LogP contribution in [0.3, 0.4) is 0 Å². The molecule has 0 fully saturated rings. The standard InChI is InChI=1S/C21H15Cl2N5O/c1-27-18-5-3-2-4-17(18)26-20(27)15(10-24)16-11-25-28(21(29)19(16)23)12-13-6-8-14(22)9-7-13/h2-9,11,15H,12H2,1H3. The average molecular weight is 424 g/mol. The van der Waals surface area contributed by atoms with Crippen LogP contribution >= 0.6 is 23.2 Å². The lowest BCUT2D eigenvalue weighted by atomic mass is 10.0. The summed E-state index contributed by atoms with van der Waals surface area (Å²) in [6.07, 6.45) is 1.47. The molecule has 6 nitrogen and oxygen atoms in total. The number of nitrogens with zero attached hydrogens (tertiary/aromatic N) is 5. The number of imidazole rings is 1. The van der Waals surface area contributed by atoms with Crippen LogP contribution in [0.25, 0.3) is 11.0 Å². The minimum atomic E-state index is -0.815. The molecule has 2 aromatic heterocycles. The Balaban J connectivity index is 1.74. The largest absolute Gasteiger partial charge is 0.330 e. The number of halogens is 2. The molecule has 0 aliphatic rings. The first kappa shape index (κ1) is 19.2. The molecule has 2 heterocycles. The van der Waals surface area contributed by atoms with Crippen LogP contribution in [-0.2, 0) is 13.6 Å². The first-order valence-electron chi connectivity index (χ1n) is 8.80. The zero-order chi connectivity index (χ0) is 20.5. The van der Waals surface area contributed by atoms with E-state index in [0.717, 1.165) is 16.6 Å². The zero-order valence-corrected chi connectivity index (χ0v) is 16.9. The van der Waals surface area contributed by atoms with Gasteiger partial charge >= 0.3 is 0 Å². The number of aryl methyl sites for hydroxylation is 1. The van der Waals surface area contributed by atoms with E-state index in [4.69, 9.17) is 23.2 Å². The third kappa shape index (κ3) is 3.51. The number of hydrogen-bond acceptors (Lipinski definition) is 4. The Hall–Kier alpha value is -3.14. The molecule has 0 radical (unpaired) electrons. The maximum atomic E-state index is 12.8. The predicted molar refractivity (Wildman–Crippen MR) is 112 cm³/mol. The number of rotatable bonds is 4. The molecule has 0 bridgehead atoms. The second kappa shape index (κ2) is 7.70. The van der Waals surface area contributed by atoms with Crippen molar-refractivity contribution in [3.05, 3.63) is 92.1 Å². The molecule has 0 aliphatic carbocycles. The van der Waals surface area contributed by atoms with Crippen LogP contribution in [0.15, 0.2) is 59.5 Å². The van der Waals surface area contributed by atoms with Gasteiger partial charge < -0.3 is 4.57 Å². The predicted octanol–water partition coefficient (Wildman–Crippen LogP) is 4.14. The minimum Gasteiger partial charge on any atom is -0.330 e. The molecule has 4 rings (SSSR count). The van der Waals surface area contributed by atoms with Gasteiger partial charge in [-0.05, 0) is 29.8 Å². The second-order valence-corrected chi connectivity index (χ2v) is 7.40. The summed E-state index contributed by atoms with van der Waals surface area (Å²) in [6.45, 7) is 0.250. The van der Waals surface area contributed by atoms with Crippen LogP contribution in [0.5, 0.6) is 0 Å². The lowest BCUT2D eigenvalue weighted by molar-refractivity contribution is 0.631. The van der Waals surface area contributed by atoms with Gasteiger partial charge in [0.25, 0.3) is 5.56 Å². The highest BCUT2D eigenvalue weighted by Gasteiger charge is 2.25. The molecule has 8 heteroatoms. The number of fused-ring (bicyclic) bond motifs is 1. The maximum Gasteiger partial charge on any atom is 0.286 e. The van der Waals surface area contributed by atoms with Crippen molar-refractivity contribution in [2.45, 2.75) is 12.5 Å². The average Bonchev–Trinajstić information content (AvgIpc) is 3.06. The van der Waals surface area contributed by atoms with Crippen molar-refractivity contribution in [1.29, 1.82) is 5.26 Å². The lowest BCUT2D eigenvalue weighted by Gasteiger charge is -2.13. The molecule has 29 heavy (non-hydrogen) atoms. The van der Waals surface area contributed by atoms with Crippen LogP contribution in [0, 0.1) is 11.3 Å². The Morgan fingerprint density at radius 2 is 1.86 bits per heavy atom. The van der Waals surface area contributed by atoms with Gasteiger partial charge in [0.15, 0.2) is 0 Å². The lowest BCUT2D eigenvalue weighted by Crippen LogP contribution is -2.26. The number of para-hydroxylation sites is 2. The minimum absolute atomic E-state index is 0.0347. The molecule has 0 saturated carbocycles. The summed E-state index contributed by atoms with van der Waals surface area (Å²) < 4.78 is 3.09. The fraction of sp³-hybridized carbons (Fsp3) is 0.143. The van der Waals surface area contributed by atoms with Crippen LogP contribution in [0.1, 0.15) is 22.9 Å². The molecule has 1 unspecified atom stereocenters. The van der Waals surface area contributed by atoms with Gasteiger partial charge in [0, 0.05) is 17.6 Å². The SMILES string of the molecule is Cn1c(C(C#N)c2cnn(Cc3ccc(Cl)cc3)c(=O)c2Cl)nc2ccccc21. The van der Waals surface area contributed by atoms with Gasteiger partial charge in [-0.3, -0.25) is 4.79 Å².